The van der Waals surface area contributed by atoms with Crippen molar-refractivity contribution < 1.29 is 19.2 Å². The highest BCUT2D eigenvalue weighted by Gasteiger charge is 2.22. The fourth-order valence-electron chi connectivity index (χ4n) is 2.09. The van der Waals surface area contributed by atoms with Gasteiger partial charge in [-0.1, -0.05) is 13.8 Å². The van der Waals surface area contributed by atoms with Crippen molar-refractivity contribution in [2.45, 2.75) is 26.9 Å². The first kappa shape index (κ1) is 19.0. The fourth-order valence-corrected chi connectivity index (χ4v) is 2.09. The maximum absolute atomic E-state index is 12.5. The van der Waals surface area contributed by atoms with Gasteiger partial charge in [0.15, 0.2) is 6.10 Å². The predicted octanol–water partition coefficient (Wildman–Crippen LogP) is 3.23. The second-order valence-corrected chi connectivity index (χ2v) is 5.93. The van der Waals surface area contributed by atoms with Crippen molar-refractivity contribution in [2.75, 3.05) is 5.32 Å². The lowest BCUT2D eigenvalue weighted by atomic mass is 10.1. The first-order chi connectivity index (χ1) is 12.3. The van der Waals surface area contributed by atoms with E-state index in [1.54, 1.807) is 38.1 Å². The van der Waals surface area contributed by atoms with Crippen LogP contribution in [0.25, 0.3) is 0 Å². The number of carbonyl (C=O) groups is 2. The molecule has 0 aliphatic carbocycles. The molecule has 0 bridgehead atoms. The lowest BCUT2D eigenvalue weighted by Gasteiger charge is -2.14. The highest BCUT2D eigenvalue weighted by molar-refractivity contribution is 6.00. The van der Waals surface area contributed by atoms with Crippen LogP contribution in [0, 0.1) is 16.0 Å². The van der Waals surface area contributed by atoms with Crippen molar-refractivity contribution in [1.29, 1.82) is 0 Å². The van der Waals surface area contributed by atoms with Crippen molar-refractivity contribution in [3.63, 3.8) is 0 Å². The van der Waals surface area contributed by atoms with E-state index in [2.05, 4.69) is 10.3 Å². The fraction of sp³-hybridized carbons (Fsp3) is 0.278. The molecule has 1 heterocycles. The summed E-state index contributed by atoms with van der Waals surface area (Å²) < 4.78 is 5.43. The Morgan fingerprint density at radius 1 is 1.15 bits per heavy atom. The van der Waals surface area contributed by atoms with Gasteiger partial charge in [0.2, 0.25) is 17.4 Å². The Kier molecular flexibility index (Phi) is 6.00. The van der Waals surface area contributed by atoms with E-state index >= 15 is 0 Å². The summed E-state index contributed by atoms with van der Waals surface area (Å²) >= 11 is 0. The Morgan fingerprint density at radius 3 is 2.38 bits per heavy atom. The van der Waals surface area contributed by atoms with Crippen LogP contribution in [0.5, 0.6) is 5.75 Å². The van der Waals surface area contributed by atoms with Gasteiger partial charge in [-0.2, -0.15) is 0 Å². The van der Waals surface area contributed by atoms with Gasteiger partial charge in [-0.05, 0) is 53.2 Å². The third-order valence-corrected chi connectivity index (χ3v) is 3.56. The molecule has 0 aliphatic heterocycles. The van der Waals surface area contributed by atoms with Crippen LogP contribution in [-0.4, -0.2) is 27.7 Å². The zero-order valence-electron chi connectivity index (χ0n) is 14.6. The van der Waals surface area contributed by atoms with Crippen molar-refractivity contribution >= 4 is 23.2 Å². The van der Waals surface area contributed by atoms with E-state index in [4.69, 9.17) is 4.74 Å². The van der Waals surface area contributed by atoms with E-state index in [1.165, 1.54) is 25.3 Å². The number of pyridine rings is 1. The van der Waals surface area contributed by atoms with E-state index in [1.807, 2.05) is 0 Å². The molecule has 1 amide bonds. The summed E-state index contributed by atoms with van der Waals surface area (Å²) in [5, 5.41) is 13.7. The van der Waals surface area contributed by atoms with E-state index < -0.39 is 16.8 Å². The molecule has 0 saturated carbocycles. The number of nitro groups is 1. The maximum atomic E-state index is 12.5. The molecule has 26 heavy (non-hydrogen) atoms. The lowest BCUT2D eigenvalue weighted by Crippen LogP contribution is -2.24. The van der Waals surface area contributed by atoms with Gasteiger partial charge in [0.05, 0.1) is 0 Å². The first-order valence-electron chi connectivity index (χ1n) is 8.00. The van der Waals surface area contributed by atoms with Crippen molar-refractivity contribution in [1.82, 2.24) is 4.98 Å². The number of hydrogen-bond acceptors (Lipinski definition) is 6. The van der Waals surface area contributed by atoms with Crippen LogP contribution in [0.3, 0.4) is 0 Å². The minimum Gasteiger partial charge on any atom is -0.474 e. The smallest absolute Gasteiger partial charge is 0.406 e. The van der Waals surface area contributed by atoms with Gasteiger partial charge in [0.25, 0.3) is 0 Å². The molecule has 0 spiro atoms. The average molecular weight is 357 g/mol. The number of nitrogens with zero attached hydrogens (tertiary/aromatic N) is 2. The van der Waals surface area contributed by atoms with Gasteiger partial charge in [-0.25, -0.2) is 0 Å². The Balaban J connectivity index is 2.09. The van der Waals surface area contributed by atoms with Crippen LogP contribution in [0.4, 0.5) is 11.5 Å². The van der Waals surface area contributed by atoms with Crippen LogP contribution in [0.1, 0.15) is 31.1 Å². The van der Waals surface area contributed by atoms with Crippen LogP contribution in [-0.2, 0) is 4.79 Å². The second kappa shape index (κ2) is 8.19. The number of ketones is 1. The van der Waals surface area contributed by atoms with Crippen LogP contribution in [0.15, 0.2) is 42.6 Å². The molecular weight excluding hydrogens is 338 g/mol. The summed E-state index contributed by atoms with van der Waals surface area (Å²) in [5.41, 5.74) is 0.948. The van der Waals surface area contributed by atoms with Crippen molar-refractivity contribution in [3.05, 3.63) is 58.3 Å². The van der Waals surface area contributed by atoms with Gasteiger partial charge < -0.3 is 20.2 Å². The summed E-state index contributed by atoms with van der Waals surface area (Å²) in [5.74, 6) is -1.13. The van der Waals surface area contributed by atoms with Gasteiger partial charge >= 0.3 is 5.82 Å². The molecule has 1 atom stereocenters. The Morgan fingerprint density at radius 2 is 1.81 bits per heavy atom. The molecular formula is C18H19N3O5. The third-order valence-electron chi connectivity index (χ3n) is 3.56. The van der Waals surface area contributed by atoms with Gasteiger partial charge in [-0.3, -0.25) is 9.59 Å². The summed E-state index contributed by atoms with van der Waals surface area (Å²) in [4.78, 5) is 38.1. The van der Waals surface area contributed by atoms with Gasteiger partial charge in [-0.15, -0.1) is 0 Å². The van der Waals surface area contributed by atoms with Gasteiger partial charge in [0, 0.05) is 17.2 Å². The van der Waals surface area contributed by atoms with Crippen molar-refractivity contribution in [3.8, 4) is 5.75 Å². The monoisotopic (exact) mass is 357 g/mol. The number of Topliss-reactive ketones (excluding diaryl/α,β-unsaturated/α-hetero) is 1. The van der Waals surface area contributed by atoms with Crippen LogP contribution in [0.2, 0.25) is 0 Å². The number of carbonyl (C=O) groups excluding carboxylic acids is 2. The highest BCUT2D eigenvalue weighted by Crippen LogP contribution is 2.25. The molecule has 8 nitrogen and oxygen atoms in total. The molecule has 8 heteroatoms. The van der Waals surface area contributed by atoms with Crippen LogP contribution < -0.4 is 10.1 Å². The number of hydrogen-bond donors (Lipinski definition) is 1. The number of nitrogens with one attached hydrogen (secondary N) is 1. The molecule has 1 aromatic carbocycles. The number of rotatable bonds is 7. The third kappa shape index (κ3) is 4.62. The number of anilines is 1. The Bertz CT molecular complexity index is 818. The number of benzene rings is 1. The molecule has 1 N–H and O–H groups in total. The predicted molar refractivity (Wildman–Crippen MR) is 95.2 cm³/mol. The molecule has 2 aromatic rings. The van der Waals surface area contributed by atoms with E-state index in [9.17, 15) is 19.7 Å². The molecule has 0 radical (unpaired) electrons. The largest absolute Gasteiger partial charge is 0.474 e. The normalized spacial score (nSPS) is 11.7. The first-order valence-corrected chi connectivity index (χ1v) is 8.00. The average Bonchev–Trinajstić information content (AvgIpc) is 2.61. The zero-order valence-corrected chi connectivity index (χ0v) is 14.6. The quantitative estimate of drug-likeness (QED) is 0.462. The number of ether oxygens (including phenoxy) is 1. The molecule has 1 aromatic heterocycles. The molecule has 0 saturated heterocycles. The van der Waals surface area contributed by atoms with Crippen molar-refractivity contribution in [2.24, 2.45) is 5.92 Å². The second-order valence-electron chi connectivity index (χ2n) is 5.93. The number of amides is 1. The Labute approximate surface area is 150 Å². The maximum Gasteiger partial charge on any atom is 0.406 e. The molecule has 0 aliphatic rings. The molecule has 136 valence electrons. The Hall–Kier alpha value is -3.29. The minimum absolute atomic E-state index is 0.0702. The topological polar surface area (TPSA) is 111 Å². The lowest BCUT2D eigenvalue weighted by molar-refractivity contribution is -0.390. The SMILES string of the molecule is CC(C)C(=O)Nc1ccc(C(=O)C(C)Oc2cccnc2[N+](=O)[O-])cc1. The van der Waals surface area contributed by atoms with Crippen LogP contribution >= 0.6 is 0 Å². The highest BCUT2D eigenvalue weighted by atomic mass is 16.6. The zero-order chi connectivity index (χ0) is 19.3. The number of aromatic nitrogens is 1. The summed E-state index contributed by atoms with van der Waals surface area (Å²) in [6.45, 7) is 5.07. The van der Waals surface area contributed by atoms with E-state index in [0.29, 0.717) is 11.3 Å². The van der Waals surface area contributed by atoms with E-state index in [-0.39, 0.29) is 23.4 Å². The summed E-state index contributed by atoms with van der Waals surface area (Å²) in [6, 6.07) is 9.25. The summed E-state index contributed by atoms with van der Waals surface area (Å²) in [6.07, 6.45) is 0.343. The summed E-state index contributed by atoms with van der Waals surface area (Å²) in [7, 11) is 0. The molecule has 2 rings (SSSR count). The standard InChI is InChI=1S/C18H19N3O5/c1-11(2)18(23)20-14-8-6-13(7-9-14)16(22)12(3)26-15-5-4-10-19-17(15)21(24)25/h4-12H,1-3H3,(H,20,23). The molecule has 0 fully saturated rings. The minimum atomic E-state index is -0.936. The van der Waals surface area contributed by atoms with Gasteiger partial charge in [0.1, 0.15) is 6.20 Å². The van der Waals surface area contributed by atoms with E-state index in [0.717, 1.165) is 0 Å². The molecule has 1 unspecified atom stereocenters.